The van der Waals surface area contributed by atoms with Crippen molar-refractivity contribution in [2.24, 2.45) is 11.3 Å². The summed E-state index contributed by atoms with van der Waals surface area (Å²) < 4.78 is 14.1. The maximum atomic E-state index is 14.1. The van der Waals surface area contributed by atoms with Gasteiger partial charge in [-0.2, -0.15) is 0 Å². The van der Waals surface area contributed by atoms with Crippen molar-refractivity contribution < 1.29 is 23.9 Å². The van der Waals surface area contributed by atoms with E-state index in [0.29, 0.717) is 0 Å². The highest BCUT2D eigenvalue weighted by molar-refractivity contribution is 5.96. The van der Waals surface area contributed by atoms with Crippen LogP contribution in [0.15, 0.2) is 18.2 Å². The first kappa shape index (κ1) is 20.6. The fourth-order valence-corrected chi connectivity index (χ4v) is 2.03. The molecule has 0 fully saturated rings. The zero-order valence-corrected chi connectivity index (χ0v) is 15.0. The van der Waals surface area contributed by atoms with Gasteiger partial charge in [0, 0.05) is 18.5 Å². The Labute approximate surface area is 146 Å². The summed E-state index contributed by atoms with van der Waals surface area (Å²) in [6.07, 6.45) is 0.529. The van der Waals surface area contributed by atoms with Gasteiger partial charge < -0.3 is 15.7 Å². The van der Waals surface area contributed by atoms with E-state index in [0.717, 1.165) is 6.07 Å². The standard InChI is InChI=1S/C18H25FN2O4/c1-11(2)9-15(22)21-14-6-5-12(10-13(14)19)16(23)20-8-7-18(3,4)17(24)25/h5-6,10-11H,7-9H2,1-4H3,(H,20,23)(H,21,22)(H,24,25). The Morgan fingerprint density at radius 2 is 1.88 bits per heavy atom. The SMILES string of the molecule is CC(C)CC(=O)Nc1ccc(C(=O)NCCC(C)(C)C(=O)O)cc1F. The molecule has 0 unspecified atom stereocenters. The van der Waals surface area contributed by atoms with Crippen molar-refractivity contribution in [1.29, 1.82) is 0 Å². The van der Waals surface area contributed by atoms with Gasteiger partial charge in [-0.1, -0.05) is 13.8 Å². The van der Waals surface area contributed by atoms with E-state index in [1.54, 1.807) is 13.8 Å². The molecule has 0 aliphatic carbocycles. The molecular weight excluding hydrogens is 327 g/mol. The van der Waals surface area contributed by atoms with E-state index < -0.39 is 23.1 Å². The first-order chi connectivity index (χ1) is 11.5. The molecule has 0 spiro atoms. The van der Waals surface area contributed by atoms with E-state index in [4.69, 9.17) is 5.11 Å². The molecule has 0 aliphatic rings. The van der Waals surface area contributed by atoms with Crippen molar-refractivity contribution in [3.63, 3.8) is 0 Å². The number of amides is 2. The summed E-state index contributed by atoms with van der Waals surface area (Å²) in [4.78, 5) is 34.7. The molecule has 7 heteroatoms. The smallest absolute Gasteiger partial charge is 0.309 e. The van der Waals surface area contributed by atoms with Gasteiger partial charge in [0.1, 0.15) is 5.82 Å². The highest BCUT2D eigenvalue weighted by Crippen LogP contribution is 2.20. The van der Waals surface area contributed by atoms with Gasteiger partial charge in [0.25, 0.3) is 5.91 Å². The fraction of sp³-hybridized carbons (Fsp3) is 0.500. The van der Waals surface area contributed by atoms with Crippen LogP contribution in [0.5, 0.6) is 0 Å². The minimum absolute atomic E-state index is 0.0224. The average Bonchev–Trinajstić information content (AvgIpc) is 2.48. The Bertz CT molecular complexity index is 656. The Morgan fingerprint density at radius 1 is 1.24 bits per heavy atom. The number of carbonyl (C=O) groups is 3. The lowest BCUT2D eigenvalue weighted by atomic mass is 9.90. The van der Waals surface area contributed by atoms with Gasteiger partial charge >= 0.3 is 5.97 Å². The lowest BCUT2D eigenvalue weighted by Crippen LogP contribution is -2.32. The van der Waals surface area contributed by atoms with Crippen LogP contribution < -0.4 is 10.6 Å². The number of hydrogen-bond donors (Lipinski definition) is 3. The molecule has 1 aromatic carbocycles. The number of anilines is 1. The third kappa shape index (κ3) is 6.52. The maximum Gasteiger partial charge on any atom is 0.309 e. The van der Waals surface area contributed by atoms with E-state index >= 15 is 0 Å². The number of aliphatic carboxylic acids is 1. The Morgan fingerprint density at radius 3 is 2.40 bits per heavy atom. The number of rotatable bonds is 8. The van der Waals surface area contributed by atoms with Crippen LogP contribution in [0.3, 0.4) is 0 Å². The van der Waals surface area contributed by atoms with E-state index in [2.05, 4.69) is 10.6 Å². The van der Waals surface area contributed by atoms with Crippen molar-refractivity contribution in [2.75, 3.05) is 11.9 Å². The summed E-state index contributed by atoms with van der Waals surface area (Å²) in [6.45, 7) is 7.06. The maximum absolute atomic E-state index is 14.1. The fourth-order valence-electron chi connectivity index (χ4n) is 2.03. The first-order valence-electron chi connectivity index (χ1n) is 8.14. The molecule has 25 heavy (non-hydrogen) atoms. The molecule has 0 saturated heterocycles. The van der Waals surface area contributed by atoms with Crippen LogP contribution in [0.2, 0.25) is 0 Å². The molecular formula is C18H25FN2O4. The van der Waals surface area contributed by atoms with E-state index in [-0.39, 0.29) is 42.5 Å². The van der Waals surface area contributed by atoms with Crippen LogP contribution >= 0.6 is 0 Å². The topological polar surface area (TPSA) is 95.5 Å². The Hall–Kier alpha value is -2.44. The molecule has 0 heterocycles. The van der Waals surface area contributed by atoms with Gasteiger partial charge in [-0.25, -0.2) is 4.39 Å². The van der Waals surface area contributed by atoms with Crippen LogP contribution in [0.4, 0.5) is 10.1 Å². The third-order valence-corrected chi connectivity index (χ3v) is 3.71. The van der Waals surface area contributed by atoms with Crippen LogP contribution in [0.1, 0.15) is 50.9 Å². The summed E-state index contributed by atoms with van der Waals surface area (Å²) in [7, 11) is 0. The largest absolute Gasteiger partial charge is 0.481 e. The average molecular weight is 352 g/mol. The van der Waals surface area contributed by atoms with Crippen molar-refractivity contribution in [3.05, 3.63) is 29.6 Å². The molecule has 0 radical (unpaired) electrons. The molecule has 2 amide bonds. The number of carbonyl (C=O) groups excluding carboxylic acids is 2. The summed E-state index contributed by atoms with van der Waals surface area (Å²) in [5, 5.41) is 14.1. The van der Waals surface area contributed by atoms with Gasteiger partial charge in [0.05, 0.1) is 11.1 Å². The number of halogens is 1. The highest BCUT2D eigenvalue weighted by atomic mass is 19.1. The van der Waals surface area contributed by atoms with Gasteiger partial charge in [0.2, 0.25) is 5.91 Å². The van der Waals surface area contributed by atoms with E-state index in [9.17, 15) is 18.8 Å². The summed E-state index contributed by atoms with van der Waals surface area (Å²) >= 11 is 0. The lowest BCUT2D eigenvalue weighted by molar-refractivity contribution is -0.147. The molecule has 138 valence electrons. The summed E-state index contributed by atoms with van der Waals surface area (Å²) in [5.41, 5.74) is -0.829. The van der Waals surface area contributed by atoms with Crippen molar-refractivity contribution in [3.8, 4) is 0 Å². The molecule has 1 aromatic rings. The second-order valence-corrected chi connectivity index (χ2v) is 7.04. The highest BCUT2D eigenvalue weighted by Gasteiger charge is 2.26. The summed E-state index contributed by atoms with van der Waals surface area (Å²) in [6, 6.07) is 3.79. The molecule has 0 saturated carbocycles. The molecule has 3 N–H and O–H groups in total. The number of carboxylic acid groups (broad SMARTS) is 1. The van der Waals surface area contributed by atoms with Crippen LogP contribution in [-0.4, -0.2) is 29.4 Å². The zero-order chi connectivity index (χ0) is 19.2. The first-order valence-corrected chi connectivity index (χ1v) is 8.14. The number of nitrogens with one attached hydrogen (secondary N) is 2. The summed E-state index contributed by atoms with van der Waals surface area (Å²) in [5.74, 6) is -2.28. The second-order valence-electron chi connectivity index (χ2n) is 7.04. The third-order valence-electron chi connectivity index (χ3n) is 3.71. The van der Waals surface area contributed by atoms with Crippen LogP contribution in [0, 0.1) is 17.2 Å². The second kappa shape index (κ2) is 8.60. The molecule has 0 atom stereocenters. The quantitative estimate of drug-likeness (QED) is 0.670. The van der Waals surface area contributed by atoms with Gasteiger partial charge in [-0.3, -0.25) is 14.4 Å². The van der Waals surface area contributed by atoms with Crippen LogP contribution in [-0.2, 0) is 9.59 Å². The van der Waals surface area contributed by atoms with Crippen molar-refractivity contribution in [2.45, 2.75) is 40.5 Å². The number of hydrogen-bond acceptors (Lipinski definition) is 3. The van der Waals surface area contributed by atoms with Gasteiger partial charge in [0.15, 0.2) is 0 Å². The molecule has 0 aromatic heterocycles. The van der Waals surface area contributed by atoms with Gasteiger partial charge in [-0.05, 0) is 44.4 Å². The lowest BCUT2D eigenvalue weighted by Gasteiger charge is -2.19. The minimum atomic E-state index is -0.955. The molecule has 0 bridgehead atoms. The Balaban J connectivity index is 2.65. The number of benzene rings is 1. The number of carboxylic acids is 1. The molecule has 0 aliphatic heterocycles. The van der Waals surface area contributed by atoms with Crippen LogP contribution in [0.25, 0.3) is 0 Å². The molecule has 1 rings (SSSR count). The zero-order valence-electron chi connectivity index (χ0n) is 15.0. The minimum Gasteiger partial charge on any atom is -0.481 e. The van der Waals surface area contributed by atoms with Crippen molar-refractivity contribution >= 4 is 23.5 Å². The van der Waals surface area contributed by atoms with Crippen molar-refractivity contribution in [1.82, 2.24) is 5.32 Å². The van der Waals surface area contributed by atoms with E-state index in [1.165, 1.54) is 12.1 Å². The van der Waals surface area contributed by atoms with Gasteiger partial charge in [-0.15, -0.1) is 0 Å². The Kier molecular flexibility index (Phi) is 7.09. The predicted molar refractivity (Wildman–Crippen MR) is 92.9 cm³/mol. The normalized spacial score (nSPS) is 11.3. The predicted octanol–water partition coefficient (Wildman–Crippen LogP) is 3.04. The monoisotopic (exact) mass is 352 g/mol. The van der Waals surface area contributed by atoms with E-state index in [1.807, 2.05) is 13.8 Å². The molecule has 6 nitrogen and oxygen atoms in total.